The van der Waals surface area contributed by atoms with Gasteiger partial charge in [-0.2, -0.15) is 0 Å². The summed E-state index contributed by atoms with van der Waals surface area (Å²) >= 11 is 0. The van der Waals surface area contributed by atoms with Gasteiger partial charge in [0.15, 0.2) is 0 Å². The number of hydrogen-bond acceptors (Lipinski definition) is 3. The molecule has 0 fully saturated rings. The molecule has 1 amide bonds. The van der Waals surface area contributed by atoms with Crippen molar-refractivity contribution in [1.29, 1.82) is 0 Å². The summed E-state index contributed by atoms with van der Waals surface area (Å²) in [5.74, 6) is -1.14. The number of carboxylic acid groups (broad SMARTS) is 1. The monoisotopic (exact) mass is 292 g/mol. The van der Waals surface area contributed by atoms with E-state index >= 15 is 0 Å². The molecule has 0 aliphatic heterocycles. The number of hydrogen-bond donors (Lipinski definition) is 2. The van der Waals surface area contributed by atoms with Crippen molar-refractivity contribution < 1.29 is 14.7 Å². The maximum atomic E-state index is 12.5. The molecule has 0 saturated carbocycles. The summed E-state index contributed by atoms with van der Waals surface area (Å²) in [7, 11) is 0. The lowest BCUT2D eigenvalue weighted by Gasteiger charge is -2.26. The molecule has 0 heterocycles. The lowest BCUT2D eigenvalue weighted by molar-refractivity contribution is -0.136. The number of carboxylic acids is 1. The van der Waals surface area contributed by atoms with Crippen LogP contribution in [0.25, 0.3) is 0 Å². The highest BCUT2D eigenvalue weighted by Crippen LogP contribution is 2.21. The molecule has 0 spiro atoms. The molecule has 1 atom stereocenters. The molecule has 1 aromatic rings. The van der Waals surface area contributed by atoms with Crippen molar-refractivity contribution in [3.8, 4) is 0 Å². The third-order valence-electron chi connectivity index (χ3n) is 3.41. The van der Waals surface area contributed by atoms with E-state index in [1.54, 1.807) is 0 Å². The Bertz CT molecular complexity index is 488. The van der Waals surface area contributed by atoms with Crippen molar-refractivity contribution in [2.45, 2.75) is 45.6 Å². The minimum absolute atomic E-state index is 0.0967. The summed E-state index contributed by atoms with van der Waals surface area (Å²) in [6.07, 6.45) is 2.37. The molecule has 3 N–H and O–H groups in total. The predicted octanol–water partition coefficient (Wildman–Crippen LogP) is 2.32. The fraction of sp³-hybridized carbons (Fsp3) is 0.500. The zero-order valence-electron chi connectivity index (χ0n) is 12.7. The molecule has 0 radical (unpaired) electrons. The average Bonchev–Trinajstić information content (AvgIpc) is 2.46. The van der Waals surface area contributed by atoms with Crippen LogP contribution in [-0.4, -0.2) is 29.6 Å². The Morgan fingerprint density at radius 1 is 1.33 bits per heavy atom. The zero-order valence-corrected chi connectivity index (χ0v) is 12.7. The smallest absolute Gasteiger partial charge is 0.305 e. The van der Waals surface area contributed by atoms with Gasteiger partial charge in [-0.05, 0) is 25.0 Å². The second-order valence-electron chi connectivity index (χ2n) is 5.17. The first-order valence-electron chi connectivity index (χ1n) is 7.31. The van der Waals surface area contributed by atoms with Crippen molar-refractivity contribution in [1.82, 2.24) is 0 Å². The Balaban J connectivity index is 2.94. The largest absolute Gasteiger partial charge is 0.481 e. The van der Waals surface area contributed by atoms with E-state index in [1.807, 2.05) is 38.1 Å². The van der Waals surface area contributed by atoms with Crippen molar-refractivity contribution in [3.05, 3.63) is 29.8 Å². The first kappa shape index (κ1) is 17.2. The van der Waals surface area contributed by atoms with Crippen LogP contribution in [0.3, 0.4) is 0 Å². The number of aryl methyl sites for hydroxylation is 1. The highest BCUT2D eigenvalue weighted by atomic mass is 16.4. The summed E-state index contributed by atoms with van der Waals surface area (Å²) in [6, 6.07) is 6.85. The summed E-state index contributed by atoms with van der Waals surface area (Å²) in [5, 5.41) is 8.87. The molecule has 1 aromatic carbocycles. The number of nitrogens with zero attached hydrogens (tertiary/aromatic N) is 1. The lowest BCUT2D eigenvalue weighted by Crippen LogP contribution is -2.45. The molecule has 116 valence electrons. The molecule has 5 heteroatoms. The Morgan fingerprint density at radius 3 is 2.57 bits per heavy atom. The number of para-hydroxylation sites is 1. The Morgan fingerprint density at radius 2 is 2.00 bits per heavy atom. The number of benzene rings is 1. The SMILES string of the molecule is CCCC[C@H](N)C(=O)N(CCC(=O)O)c1ccccc1C. The zero-order chi connectivity index (χ0) is 15.8. The van der Waals surface area contributed by atoms with Gasteiger partial charge < -0.3 is 15.7 Å². The van der Waals surface area contributed by atoms with E-state index in [9.17, 15) is 9.59 Å². The molecule has 1 rings (SSSR count). The molecule has 5 nitrogen and oxygen atoms in total. The Labute approximate surface area is 125 Å². The molecule has 0 aliphatic rings. The number of carbonyl (C=O) groups is 2. The van der Waals surface area contributed by atoms with Crippen molar-refractivity contribution >= 4 is 17.6 Å². The quantitative estimate of drug-likeness (QED) is 0.770. The van der Waals surface area contributed by atoms with Crippen LogP contribution in [0.1, 0.15) is 38.2 Å². The van der Waals surface area contributed by atoms with E-state index < -0.39 is 12.0 Å². The van der Waals surface area contributed by atoms with Gasteiger partial charge >= 0.3 is 5.97 Å². The normalized spacial score (nSPS) is 12.0. The highest BCUT2D eigenvalue weighted by molar-refractivity contribution is 5.98. The minimum atomic E-state index is -0.927. The molecule has 0 saturated heterocycles. The lowest BCUT2D eigenvalue weighted by atomic mass is 10.1. The maximum Gasteiger partial charge on any atom is 0.305 e. The number of aliphatic carboxylic acids is 1. The number of nitrogens with two attached hydrogens (primary N) is 1. The van der Waals surface area contributed by atoms with Crippen LogP contribution in [0, 0.1) is 6.92 Å². The van der Waals surface area contributed by atoms with Crippen LogP contribution in [0.15, 0.2) is 24.3 Å². The predicted molar refractivity (Wildman–Crippen MR) is 83.3 cm³/mol. The molecule has 0 bridgehead atoms. The van der Waals surface area contributed by atoms with Crippen LogP contribution < -0.4 is 10.6 Å². The standard InChI is InChI=1S/C16H24N2O3/c1-3-4-8-13(17)16(21)18(11-10-15(19)20)14-9-6-5-7-12(14)2/h5-7,9,13H,3-4,8,10-11,17H2,1-2H3,(H,19,20)/t13-/m0/s1. The van der Waals surface area contributed by atoms with Gasteiger partial charge in [-0.1, -0.05) is 38.0 Å². The van der Waals surface area contributed by atoms with Crippen LogP contribution in [-0.2, 0) is 9.59 Å². The number of anilines is 1. The highest BCUT2D eigenvalue weighted by Gasteiger charge is 2.23. The summed E-state index contributed by atoms with van der Waals surface area (Å²) in [5.41, 5.74) is 7.62. The van der Waals surface area contributed by atoms with Gasteiger partial charge in [0.25, 0.3) is 0 Å². The van der Waals surface area contributed by atoms with E-state index in [-0.39, 0.29) is 18.9 Å². The van der Waals surface area contributed by atoms with Gasteiger partial charge in [0.05, 0.1) is 12.5 Å². The van der Waals surface area contributed by atoms with Crippen LogP contribution >= 0.6 is 0 Å². The van der Waals surface area contributed by atoms with Crippen molar-refractivity contribution in [3.63, 3.8) is 0 Å². The molecule has 0 unspecified atom stereocenters. The van der Waals surface area contributed by atoms with Crippen LogP contribution in [0.5, 0.6) is 0 Å². The first-order valence-corrected chi connectivity index (χ1v) is 7.31. The summed E-state index contributed by atoms with van der Waals surface area (Å²) in [4.78, 5) is 24.8. The third-order valence-corrected chi connectivity index (χ3v) is 3.41. The topological polar surface area (TPSA) is 83.6 Å². The van der Waals surface area contributed by atoms with Crippen molar-refractivity contribution in [2.24, 2.45) is 5.73 Å². The number of amides is 1. The average molecular weight is 292 g/mol. The maximum absolute atomic E-state index is 12.5. The van der Waals surface area contributed by atoms with E-state index in [4.69, 9.17) is 10.8 Å². The Kier molecular flexibility index (Phi) is 6.88. The number of rotatable bonds is 8. The van der Waals surface area contributed by atoms with E-state index in [0.717, 1.165) is 24.1 Å². The molecular formula is C16H24N2O3. The number of carbonyl (C=O) groups excluding carboxylic acids is 1. The minimum Gasteiger partial charge on any atom is -0.481 e. The van der Waals surface area contributed by atoms with Gasteiger partial charge in [-0.3, -0.25) is 9.59 Å². The van der Waals surface area contributed by atoms with Crippen LogP contribution in [0.4, 0.5) is 5.69 Å². The molecule has 0 aromatic heterocycles. The number of unbranched alkanes of at least 4 members (excludes halogenated alkanes) is 1. The van der Waals surface area contributed by atoms with Gasteiger partial charge in [0.1, 0.15) is 0 Å². The second kappa shape index (κ2) is 8.42. The van der Waals surface area contributed by atoms with E-state index in [2.05, 4.69) is 0 Å². The Hall–Kier alpha value is -1.88. The molecule has 21 heavy (non-hydrogen) atoms. The van der Waals surface area contributed by atoms with Gasteiger partial charge in [0.2, 0.25) is 5.91 Å². The van der Waals surface area contributed by atoms with Crippen molar-refractivity contribution in [2.75, 3.05) is 11.4 Å². The van der Waals surface area contributed by atoms with E-state index in [0.29, 0.717) is 6.42 Å². The van der Waals surface area contributed by atoms with Gasteiger partial charge in [-0.15, -0.1) is 0 Å². The summed E-state index contributed by atoms with van der Waals surface area (Å²) < 4.78 is 0. The molecular weight excluding hydrogens is 268 g/mol. The first-order chi connectivity index (χ1) is 9.97. The third kappa shape index (κ3) is 5.19. The summed E-state index contributed by atoms with van der Waals surface area (Å²) in [6.45, 7) is 4.08. The van der Waals surface area contributed by atoms with Crippen LogP contribution in [0.2, 0.25) is 0 Å². The van der Waals surface area contributed by atoms with Gasteiger partial charge in [0, 0.05) is 12.2 Å². The van der Waals surface area contributed by atoms with E-state index in [1.165, 1.54) is 4.90 Å². The fourth-order valence-corrected chi connectivity index (χ4v) is 2.17. The molecule has 0 aliphatic carbocycles. The second-order valence-corrected chi connectivity index (χ2v) is 5.17. The fourth-order valence-electron chi connectivity index (χ4n) is 2.17. The van der Waals surface area contributed by atoms with Gasteiger partial charge in [-0.25, -0.2) is 0 Å².